The smallest absolute Gasteiger partial charge is 0.306 e. The second-order valence-electron chi connectivity index (χ2n) is 23.6. The molecule has 0 aromatic heterocycles. The third-order valence-electron chi connectivity index (χ3n) is 15.0. The zero-order valence-electron chi connectivity index (χ0n) is 58.7. The van der Waals surface area contributed by atoms with Crippen LogP contribution in [0.1, 0.15) is 284 Å². The molecular weight excluding hydrogens is 1120 g/mol. The van der Waals surface area contributed by atoms with Crippen LogP contribution >= 0.6 is 0 Å². The molecule has 5 heteroatoms. The highest BCUT2D eigenvalue weighted by Crippen LogP contribution is 2.15. The minimum absolute atomic E-state index is 0.0858. The number of carbonyl (C=O) groups excluding carboxylic acids is 2. The second-order valence-corrected chi connectivity index (χ2v) is 23.6. The van der Waals surface area contributed by atoms with Crippen LogP contribution in [0, 0.1) is 0 Å². The van der Waals surface area contributed by atoms with Gasteiger partial charge in [-0.1, -0.05) is 341 Å². The molecule has 1 atom stereocenters. The van der Waals surface area contributed by atoms with Crippen LogP contribution in [0.2, 0.25) is 0 Å². The van der Waals surface area contributed by atoms with Gasteiger partial charge in [-0.05, 0) is 161 Å². The summed E-state index contributed by atoms with van der Waals surface area (Å²) in [6, 6.07) is 0. The topological polar surface area (TPSA) is 72.8 Å². The summed E-state index contributed by atoms with van der Waals surface area (Å²) in [6.45, 7) is 3.89. The largest absolute Gasteiger partial charge is 0.462 e. The Kier molecular flexibility index (Phi) is 74.0. The van der Waals surface area contributed by atoms with Crippen molar-refractivity contribution in [3.8, 4) is 0 Å². The number of allylic oxidation sites excluding steroid dienone is 38. The van der Waals surface area contributed by atoms with Gasteiger partial charge in [0.25, 0.3) is 0 Å². The summed E-state index contributed by atoms with van der Waals surface area (Å²) in [5.41, 5.74) is 0. The summed E-state index contributed by atoms with van der Waals surface area (Å²) in [6.07, 6.45) is 129. The van der Waals surface area contributed by atoms with Crippen molar-refractivity contribution < 1.29 is 24.2 Å². The Labute approximate surface area is 566 Å². The number of rotatable bonds is 65. The molecule has 0 amide bonds. The van der Waals surface area contributed by atoms with Gasteiger partial charge in [0.1, 0.15) is 6.61 Å². The van der Waals surface area contributed by atoms with Gasteiger partial charge in [0.15, 0.2) is 6.10 Å². The van der Waals surface area contributed by atoms with Gasteiger partial charge >= 0.3 is 11.9 Å². The van der Waals surface area contributed by atoms with Crippen LogP contribution in [0.25, 0.3) is 0 Å². The molecule has 0 aliphatic carbocycles. The van der Waals surface area contributed by atoms with E-state index in [-0.39, 0.29) is 25.2 Å². The molecule has 0 aromatic rings. The van der Waals surface area contributed by atoms with Gasteiger partial charge in [0.2, 0.25) is 0 Å². The van der Waals surface area contributed by atoms with Gasteiger partial charge in [-0.3, -0.25) is 9.59 Å². The average Bonchev–Trinajstić information content (AvgIpc) is 3.70. The lowest BCUT2D eigenvalue weighted by Crippen LogP contribution is -2.28. The molecule has 0 bridgehead atoms. The van der Waals surface area contributed by atoms with Gasteiger partial charge in [-0.15, -0.1) is 0 Å². The van der Waals surface area contributed by atoms with E-state index in [0.29, 0.717) is 12.8 Å². The molecule has 0 aromatic carbocycles. The summed E-state index contributed by atoms with van der Waals surface area (Å²) in [5.74, 6) is -0.620. The molecular formula is C87H134O5. The highest BCUT2D eigenvalue weighted by molar-refractivity contribution is 5.70. The van der Waals surface area contributed by atoms with Crippen molar-refractivity contribution in [2.24, 2.45) is 0 Å². The van der Waals surface area contributed by atoms with Crippen LogP contribution in [0.15, 0.2) is 231 Å². The molecule has 0 aliphatic heterocycles. The minimum Gasteiger partial charge on any atom is -0.462 e. The van der Waals surface area contributed by atoms with Gasteiger partial charge in [0.05, 0.1) is 6.61 Å². The number of esters is 2. The Morgan fingerprint density at radius 3 is 0.652 bits per heavy atom. The molecule has 92 heavy (non-hydrogen) atoms. The lowest BCUT2D eigenvalue weighted by molar-refractivity contribution is -0.161. The Morgan fingerprint density at radius 2 is 0.435 bits per heavy atom. The van der Waals surface area contributed by atoms with Crippen molar-refractivity contribution >= 4 is 11.9 Å². The maximum Gasteiger partial charge on any atom is 0.306 e. The third kappa shape index (κ3) is 76.4. The molecule has 5 nitrogen and oxygen atoms in total. The van der Waals surface area contributed by atoms with Crippen molar-refractivity contribution in [1.29, 1.82) is 0 Å². The van der Waals surface area contributed by atoms with Crippen molar-refractivity contribution in [3.63, 3.8) is 0 Å². The molecule has 0 saturated carbocycles. The van der Waals surface area contributed by atoms with E-state index < -0.39 is 6.10 Å². The van der Waals surface area contributed by atoms with Crippen molar-refractivity contribution in [1.82, 2.24) is 0 Å². The lowest BCUT2D eigenvalue weighted by atomic mass is 10.0. The SMILES string of the molecule is CC/C=C\C/C=C\C/C=C\C/C=C\C/C=C\C/C=C\C/C=C\C/C=C\C/C=C\C/C=C\CCCCCCCCC(=O)OC(CO)COC(=O)CCCCCCCCCCCCCCC/C=C\C/C=C\C/C=C\C/C=C\C/C=C\C/C=C\C/C=C\C/C=C\C/C=C\CC. The first kappa shape index (κ1) is 86.0. The zero-order valence-corrected chi connectivity index (χ0v) is 58.7. The second kappa shape index (κ2) is 79.2. The van der Waals surface area contributed by atoms with Gasteiger partial charge in [0, 0.05) is 12.8 Å². The molecule has 0 spiro atoms. The van der Waals surface area contributed by atoms with Gasteiger partial charge in [-0.2, -0.15) is 0 Å². The number of carbonyl (C=O) groups is 2. The number of unbranched alkanes of at least 4 members (excludes halogenated alkanes) is 19. The predicted molar refractivity (Wildman–Crippen MR) is 407 cm³/mol. The molecule has 1 unspecified atom stereocenters. The summed E-state index contributed by atoms with van der Waals surface area (Å²) in [4.78, 5) is 24.7. The molecule has 512 valence electrons. The number of hydrogen-bond donors (Lipinski definition) is 1. The molecule has 0 radical (unpaired) electrons. The summed E-state index contributed by atoms with van der Waals surface area (Å²) in [7, 11) is 0. The van der Waals surface area contributed by atoms with E-state index in [1.165, 1.54) is 83.5 Å². The first-order valence-corrected chi connectivity index (χ1v) is 36.9. The molecule has 1 N–H and O–H groups in total. The summed E-state index contributed by atoms with van der Waals surface area (Å²) in [5, 5.41) is 9.71. The minimum atomic E-state index is -0.799. The third-order valence-corrected chi connectivity index (χ3v) is 15.0. The fourth-order valence-electron chi connectivity index (χ4n) is 9.52. The first-order valence-electron chi connectivity index (χ1n) is 36.9. The van der Waals surface area contributed by atoms with Gasteiger partial charge < -0.3 is 14.6 Å². The van der Waals surface area contributed by atoms with Crippen LogP contribution in [-0.2, 0) is 19.1 Å². The summed E-state index contributed by atoms with van der Waals surface area (Å²) < 4.78 is 10.7. The van der Waals surface area contributed by atoms with Crippen molar-refractivity contribution in [2.75, 3.05) is 13.2 Å². The van der Waals surface area contributed by atoms with Crippen molar-refractivity contribution in [3.05, 3.63) is 231 Å². The maximum atomic E-state index is 12.4. The van der Waals surface area contributed by atoms with E-state index in [2.05, 4.69) is 245 Å². The van der Waals surface area contributed by atoms with Crippen LogP contribution < -0.4 is 0 Å². The van der Waals surface area contributed by atoms with Crippen LogP contribution in [0.3, 0.4) is 0 Å². The highest BCUT2D eigenvalue weighted by Gasteiger charge is 2.16. The molecule has 0 fully saturated rings. The number of ether oxygens (including phenoxy) is 2. The predicted octanol–water partition coefficient (Wildman–Crippen LogP) is 26.4. The van der Waals surface area contributed by atoms with Crippen LogP contribution in [0.4, 0.5) is 0 Å². The number of aliphatic hydroxyl groups excluding tert-OH is 1. The quantitative estimate of drug-likeness (QED) is 0.0373. The molecule has 0 rings (SSSR count). The van der Waals surface area contributed by atoms with E-state index in [0.717, 1.165) is 173 Å². The van der Waals surface area contributed by atoms with E-state index in [9.17, 15) is 14.7 Å². The normalized spacial score (nSPS) is 13.6. The van der Waals surface area contributed by atoms with E-state index in [1.807, 2.05) is 0 Å². The average molecular weight is 1260 g/mol. The van der Waals surface area contributed by atoms with Crippen LogP contribution in [0.5, 0.6) is 0 Å². The highest BCUT2D eigenvalue weighted by atomic mass is 16.6. The Morgan fingerprint density at radius 1 is 0.250 bits per heavy atom. The monoisotopic (exact) mass is 1260 g/mol. The Balaban J connectivity index is 3.61. The molecule has 0 aliphatic rings. The van der Waals surface area contributed by atoms with E-state index in [1.54, 1.807) is 0 Å². The van der Waals surface area contributed by atoms with Crippen molar-refractivity contribution in [2.45, 2.75) is 290 Å². The standard InChI is InChI=1S/C87H134O5/c1-3-5-7-9-11-13-15-17-19-21-23-25-27-29-31-33-35-37-39-41-42-43-44-46-47-49-51-53-55-57-59-61-63-65-67-69-71-73-75-77-79-81-86(89)91-84-85(83-88)92-87(90)82-80-78-76-74-72-70-68-66-64-62-60-58-56-54-52-50-48-45-40-38-36-34-32-30-28-26-24-22-20-18-16-14-12-10-8-6-4-2/h5-8,11-14,17-20,23-26,29-32,35-38,41-42,44-46,48-49,51-52,54,58,60,64,66,85,88H,3-4,9-10,15-16,21-22,27-28,33-34,39-40,43,47,50,53,55-57,59,61-63,65,67-84H2,1-2H3/b7-5-,8-6-,13-11-,14-12-,19-17-,20-18-,25-23-,26-24-,31-29-,32-30-,37-35-,38-36-,42-41-,46-44-,48-45-,51-49-,54-52-,60-58-,66-64-. The molecule has 0 heterocycles. The van der Waals surface area contributed by atoms with E-state index in [4.69, 9.17) is 9.47 Å². The van der Waals surface area contributed by atoms with Crippen LogP contribution in [-0.4, -0.2) is 36.4 Å². The number of hydrogen-bond acceptors (Lipinski definition) is 5. The zero-order chi connectivity index (χ0) is 66.1. The first-order chi connectivity index (χ1) is 45.6. The molecule has 0 saturated heterocycles. The summed E-state index contributed by atoms with van der Waals surface area (Å²) >= 11 is 0. The Hall–Kier alpha value is -6.04. The maximum absolute atomic E-state index is 12.4. The lowest BCUT2D eigenvalue weighted by Gasteiger charge is -2.15. The van der Waals surface area contributed by atoms with E-state index >= 15 is 0 Å². The fourth-order valence-corrected chi connectivity index (χ4v) is 9.52. The van der Waals surface area contributed by atoms with Gasteiger partial charge in [-0.25, -0.2) is 0 Å². The fraction of sp³-hybridized carbons (Fsp3) is 0.540. The number of aliphatic hydroxyl groups is 1. The Bertz CT molecular complexity index is 2220.